The summed E-state index contributed by atoms with van der Waals surface area (Å²) in [6.07, 6.45) is -1.56. The predicted octanol–water partition coefficient (Wildman–Crippen LogP) is 4.36. The Morgan fingerprint density at radius 1 is 1.16 bits per heavy atom. The van der Waals surface area contributed by atoms with E-state index in [2.05, 4.69) is 15.2 Å². The first-order valence-electron chi connectivity index (χ1n) is 11.6. The van der Waals surface area contributed by atoms with Gasteiger partial charge < -0.3 is 15.2 Å². The molecule has 0 radical (unpaired) electrons. The average Bonchev–Trinajstić information content (AvgIpc) is 2.77. The van der Waals surface area contributed by atoms with E-state index in [9.17, 15) is 22.8 Å². The van der Waals surface area contributed by atoms with Crippen molar-refractivity contribution in [2.45, 2.75) is 33.5 Å². The quantitative estimate of drug-likeness (QED) is 0.459. The molecule has 2 aromatic carbocycles. The average molecular weight is 517 g/mol. The number of nitrogens with one attached hydrogen (secondary N) is 1. The molecule has 4 rings (SSSR count). The van der Waals surface area contributed by atoms with Crippen LogP contribution in [0.1, 0.15) is 22.3 Å². The summed E-state index contributed by atoms with van der Waals surface area (Å²) in [5.41, 5.74) is 3.99. The first kappa shape index (κ1) is 26.2. The Labute approximate surface area is 211 Å². The van der Waals surface area contributed by atoms with Crippen LogP contribution in [0.2, 0.25) is 0 Å². The highest BCUT2D eigenvalue weighted by molar-refractivity contribution is 5.71. The number of alkyl halides is 3. The lowest BCUT2D eigenvalue weighted by Crippen LogP contribution is -2.49. The SMILES string of the molecule is Cc1ccc(Nc2nccn(-c3cc(C)c(CN4CC(C(=O)O)C4)c(C)c3)c2=O)c(OCC(F)(F)F)c1. The maximum Gasteiger partial charge on any atom is 0.422 e. The molecule has 0 bridgehead atoms. The Hall–Kier alpha value is -3.86. The molecule has 1 saturated heterocycles. The second-order valence-electron chi connectivity index (χ2n) is 9.27. The van der Waals surface area contributed by atoms with Crippen molar-refractivity contribution in [2.75, 3.05) is 25.0 Å². The van der Waals surface area contributed by atoms with Crippen LogP contribution in [0.25, 0.3) is 5.69 Å². The Morgan fingerprint density at radius 2 is 1.84 bits per heavy atom. The van der Waals surface area contributed by atoms with Crippen molar-refractivity contribution in [3.8, 4) is 11.4 Å². The smallest absolute Gasteiger partial charge is 0.422 e. The summed E-state index contributed by atoms with van der Waals surface area (Å²) >= 11 is 0. The molecule has 1 aliphatic rings. The van der Waals surface area contributed by atoms with Crippen molar-refractivity contribution in [2.24, 2.45) is 5.92 Å². The lowest BCUT2D eigenvalue weighted by Gasteiger charge is -2.37. The number of nitrogens with zero attached hydrogens (tertiary/aromatic N) is 3. The number of aliphatic carboxylic acids is 1. The van der Waals surface area contributed by atoms with E-state index in [0.717, 1.165) is 16.7 Å². The van der Waals surface area contributed by atoms with Gasteiger partial charge in [-0.25, -0.2) is 4.98 Å². The van der Waals surface area contributed by atoms with Crippen LogP contribution in [0.5, 0.6) is 5.75 Å². The highest BCUT2D eigenvalue weighted by atomic mass is 19.4. The topological polar surface area (TPSA) is 96.7 Å². The number of rotatable bonds is 8. The van der Waals surface area contributed by atoms with Crippen LogP contribution in [0.15, 0.2) is 47.5 Å². The highest BCUT2D eigenvalue weighted by Gasteiger charge is 2.32. The minimum atomic E-state index is -4.51. The summed E-state index contributed by atoms with van der Waals surface area (Å²) in [4.78, 5) is 30.5. The van der Waals surface area contributed by atoms with Gasteiger partial charge in [0.1, 0.15) is 5.75 Å². The molecule has 0 amide bonds. The fourth-order valence-electron chi connectivity index (χ4n) is 4.28. The van der Waals surface area contributed by atoms with Crippen LogP contribution < -0.4 is 15.6 Å². The van der Waals surface area contributed by atoms with Crippen molar-refractivity contribution in [3.05, 3.63) is 75.3 Å². The highest BCUT2D eigenvalue weighted by Crippen LogP contribution is 2.30. The van der Waals surface area contributed by atoms with E-state index in [-0.39, 0.29) is 23.2 Å². The standard InChI is InChI=1S/C26H27F3N4O4/c1-15-4-5-21(22(8-15)37-14-26(27,28)29)31-23-24(34)33(7-6-30-23)19-9-16(2)20(17(3)10-19)13-32-11-18(12-32)25(35)36/h4-10,18H,11-14H2,1-3H3,(H,30,31)(H,35,36). The third-order valence-corrected chi connectivity index (χ3v) is 6.27. The minimum Gasteiger partial charge on any atom is -0.482 e. The van der Waals surface area contributed by atoms with Gasteiger partial charge in [-0.3, -0.25) is 19.1 Å². The largest absolute Gasteiger partial charge is 0.482 e. The van der Waals surface area contributed by atoms with Gasteiger partial charge >= 0.3 is 12.1 Å². The third-order valence-electron chi connectivity index (χ3n) is 6.27. The lowest BCUT2D eigenvalue weighted by molar-refractivity contribution is -0.153. The second-order valence-corrected chi connectivity index (χ2v) is 9.27. The summed E-state index contributed by atoms with van der Waals surface area (Å²) in [6.45, 7) is 5.75. The molecule has 0 saturated carbocycles. The summed E-state index contributed by atoms with van der Waals surface area (Å²) in [6, 6.07) is 8.41. The zero-order valence-corrected chi connectivity index (χ0v) is 20.6. The number of carboxylic acids is 1. The first-order chi connectivity index (χ1) is 17.4. The molecule has 0 aliphatic carbocycles. The Bertz CT molecular complexity index is 1360. The fourth-order valence-corrected chi connectivity index (χ4v) is 4.28. The Balaban J connectivity index is 1.58. The third kappa shape index (κ3) is 6.11. The van der Waals surface area contributed by atoms with E-state index in [1.54, 1.807) is 13.0 Å². The zero-order chi connectivity index (χ0) is 26.9. The predicted molar refractivity (Wildman–Crippen MR) is 132 cm³/mol. The number of aromatic nitrogens is 2. The van der Waals surface area contributed by atoms with Gasteiger partial charge in [0.25, 0.3) is 5.56 Å². The van der Waals surface area contributed by atoms with Gasteiger partial charge in [0.2, 0.25) is 0 Å². The summed E-state index contributed by atoms with van der Waals surface area (Å²) < 4.78 is 44.5. The van der Waals surface area contributed by atoms with Crippen molar-refractivity contribution in [3.63, 3.8) is 0 Å². The van der Waals surface area contributed by atoms with Crippen LogP contribution in [-0.2, 0) is 11.3 Å². The maximum atomic E-state index is 13.3. The first-order valence-corrected chi connectivity index (χ1v) is 11.6. The van der Waals surface area contributed by atoms with Gasteiger partial charge in [-0.15, -0.1) is 0 Å². The number of likely N-dealkylation sites (tertiary alicyclic amines) is 1. The van der Waals surface area contributed by atoms with E-state index in [1.165, 1.54) is 29.1 Å². The van der Waals surface area contributed by atoms with Crippen molar-refractivity contribution in [1.29, 1.82) is 0 Å². The number of carboxylic acid groups (broad SMARTS) is 1. The van der Waals surface area contributed by atoms with Crippen LogP contribution >= 0.6 is 0 Å². The zero-order valence-electron chi connectivity index (χ0n) is 20.6. The number of hydrogen-bond acceptors (Lipinski definition) is 6. The molecular weight excluding hydrogens is 489 g/mol. The van der Waals surface area contributed by atoms with Crippen LogP contribution in [0, 0.1) is 26.7 Å². The second kappa shape index (κ2) is 10.3. The van der Waals surface area contributed by atoms with E-state index in [0.29, 0.717) is 30.9 Å². The van der Waals surface area contributed by atoms with Gasteiger partial charge in [-0.1, -0.05) is 6.07 Å². The summed E-state index contributed by atoms with van der Waals surface area (Å²) in [5.74, 6) is -1.23. The molecule has 1 aromatic heterocycles. The Morgan fingerprint density at radius 3 is 2.46 bits per heavy atom. The molecule has 0 atom stereocenters. The van der Waals surface area contributed by atoms with Crippen LogP contribution in [0.4, 0.5) is 24.7 Å². The Kier molecular flexibility index (Phi) is 7.26. The molecule has 2 N–H and O–H groups in total. The van der Waals surface area contributed by atoms with Gasteiger partial charge in [-0.2, -0.15) is 13.2 Å². The van der Waals surface area contributed by atoms with Gasteiger partial charge in [0.05, 0.1) is 11.6 Å². The molecule has 196 valence electrons. The monoisotopic (exact) mass is 516 g/mol. The number of hydrogen-bond donors (Lipinski definition) is 2. The molecule has 1 fully saturated rings. The number of anilines is 2. The molecule has 2 heterocycles. The number of benzene rings is 2. The van der Waals surface area contributed by atoms with Crippen molar-refractivity contribution < 1.29 is 27.8 Å². The normalized spacial score (nSPS) is 14.3. The number of ether oxygens (including phenoxy) is 1. The van der Waals surface area contributed by atoms with Gasteiger partial charge in [-0.05, 0) is 67.3 Å². The molecule has 0 spiro atoms. The van der Waals surface area contributed by atoms with E-state index in [1.807, 2.05) is 26.0 Å². The van der Waals surface area contributed by atoms with Crippen LogP contribution in [0.3, 0.4) is 0 Å². The summed E-state index contributed by atoms with van der Waals surface area (Å²) in [5, 5.41) is 11.9. The van der Waals surface area contributed by atoms with Crippen molar-refractivity contribution in [1.82, 2.24) is 14.5 Å². The molecular formula is C26H27F3N4O4. The number of aryl methyl sites for hydroxylation is 3. The van der Waals surface area contributed by atoms with E-state index < -0.39 is 24.3 Å². The van der Waals surface area contributed by atoms with E-state index in [4.69, 9.17) is 9.84 Å². The minimum absolute atomic E-state index is 0.0406. The van der Waals surface area contributed by atoms with Gasteiger partial charge in [0, 0.05) is 37.7 Å². The van der Waals surface area contributed by atoms with Gasteiger partial charge in [0.15, 0.2) is 12.4 Å². The van der Waals surface area contributed by atoms with E-state index >= 15 is 0 Å². The molecule has 37 heavy (non-hydrogen) atoms. The fraction of sp³-hybridized carbons (Fsp3) is 0.346. The molecule has 8 nitrogen and oxygen atoms in total. The van der Waals surface area contributed by atoms with Crippen molar-refractivity contribution >= 4 is 17.5 Å². The molecule has 11 heteroatoms. The summed E-state index contributed by atoms with van der Waals surface area (Å²) in [7, 11) is 0. The maximum absolute atomic E-state index is 13.3. The lowest BCUT2D eigenvalue weighted by atomic mass is 9.96. The molecule has 0 unspecified atom stereocenters. The molecule has 3 aromatic rings. The molecule has 1 aliphatic heterocycles. The number of halogens is 3. The number of carbonyl (C=O) groups is 1. The van der Waals surface area contributed by atoms with Crippen LogP contribution in [-0.4, -0.2) is 51.4 Å².